The smallest absolute Gasteiger partial charge is 0.00489 e. The molecular weight excluding hydrogens is 284 g/mol. The Morgan fingerprint density at radius 3 is 0.783 bits per heavy atom. The summed E-state index contributed by atoms with van der Waals surface area (Å²) in [7, 11) is 0. The van der Waals surface area contributed by atoms with Gasteiger partial charge in [-0.05, 0) is 51.9 Å². The zero-order chi connectivity index (χ0) is 16.7. The molecule has 0 saturated heterocycles. The molecule has 0 amide bonds. The lowest BCUT2D eigenvalue weighted by atomic mass is 10.2. The first-order valence-corrected chi connectivity index (χ1v) is 10.2. The lowest BCUT2D eigenvalue weighted by molar-refractivity contribution is 0.583. The van der Waals surface area contributed by atoms with Crippen molar-refractivity contribution in [3.63, 3.8) is 0 Å². The molecule has 4 N–H and O–H groups in total. The third-order valence-corrected chi connectivity index (χ3v) is 3.83. The van der Waals surface area contributed by atoms with Gasteiger partial charge in [0.1, 0.15) is 0 Å². The molecular formula is C20H48N2O. The molecule has 0 spiro atoms. The average molecular weight is 333 g/mol. The Labute approximate surface area is 147 Å². The molecule has 3 nitrogen and oxygen atoms in total. The van der Waals surface area contributed by atoms with Crippen LogP contribution in [0.5, 0.6) is 0 Å². The molecule has 144 valence electrons. The van der Waals surface area contributed by atoms with Gasteiger partial charge in [-0.2, -0.15) is 0 Å². The van der Waals surface area contributed by atoms with Crippen LogP contribution in [0.1, 0.15) is 105 Å². The largest absolute Gasteiger partial charge is 0.412 e. The lowest BCUT2D eigenvalue weighted by Gasteiger charge is -2.02. The molecule has 0 radical (unpaired) electrons. The standard InChI is InChI=1S/2C10H23N.H2O/c2*1-3-5-7-9-11-10-8-6-4-2;/h2*11H,3-10H2,1-2H3;1H2. The van der Waals surface area contributed by atoms with Gasteiger partial charge in [0.2, 0.25) is 0 Å². The van der Waals surface area contributed by atoms with Crippen molar-refractivity contribution in [3.05, 3.63) is 0 Å². The predicted molar refractivity (Wildman–Crippen MR) is 107 cm³/mol. The van der Waals surface area contributed by atoms with E-state index in [2.05, 4.69) is 38.3 Å². The Morgan fingerprint density at radius 1 is 0.391 bits per heavy atom. The molecule has 3 heteroatoms. The van der Waals surface area contributed by atoms with Crippen LogP contribution in [0.2, 0.25) is 0 Å². The minimum Gasteiger partial charge on any atom is -0.412 e. The number of hydrogen-bond acceptors (Lipinski definition) is 2. The Kier molecular flexibility index (Phi) is 36.0. The fourth-order valence-corrected chi connectivity index (χ4v) is 2.25. The van der Waals surface area contributed by atoms with Crippen molar-refractivity contribution in [3.8, 4) is 0 Å². The van der Waals surface area contributed by atoms with E-state index in [0.717, 1.165) is 0 Å². The highest BCUT2D eigenvalue weighted by Gasteiger charge is 1.87. The molecule has 0 aromatic carbocycles. The summed E-state index contributed by atoms with van der Waals surface area (Å²) < 4.78 is 0. The van der Waals surface area contributed by atoms with Gasteiger partial charge in [0.25, 0.3) is 0 Å². The minimum atomic E-state index is 0. The highest BCUT2D eigenvalue weighted by atomic mass is 16.0. The molecule has 0 atom stereocenters. The van der Waals surface area contributed by atoms with Crippen LogP contribution in [0.25, 0.3) is 0 Å². The number of hydrogen-bond donors (Lipinski definition) is 2. The summed E-state index contributed by atoms with van der Waals surface area (Å²) in [5.74, 6) is 0. The summed E-state index contributed by atoms with van der Waals surface area (Å²) in [4.78, 5) is 0. The number of nitrogens with one attached hydrogen (secondary N) is 2. The molecule has 0 fully saturated rings. The van der Waals surface area contributed by atoms with Gasteiger partial charge in [-0.3, -0.25) is 0 Å². The van der Waals surface area contributed by atoms with E-state index in [-0.39, 0.29) is 5.48 Å². The Bertz CT molecular complexity index is 132. The van der Waals surface area contributed by atoms with Crippen LogP contribution in [-0.2, 0) is 0 Å². The number of rotatable bonds is 16. The molecule has 0 aliphatic carbocycles. The average Bonchev–Trinajstić information content (AvgIpc) is 2.54. The van der Waals surface area contributed by atoms with E-state index < -0.39 is 0 Å². The van der Waals surface area contributed by atoms with Gasteiger partial charge in [-0.1, -0.05) is 79.1 Å². The zero-order valence-electron chi connectivity index (χ0n) is 16.8. The second-order valence-electron chi connectivity index (χ2n) is 6.33. The van der Waals surface area contributed by atoms with Gasteiger partial charge < -0.3 is 16.1 Å². The first kappa shape index (κ1) is 27.7. The van der Waals surface area contributed by atoms with Crippen molar-refractivity contribution in [2.45, 2.75) is 105 Å². The van der Waals surface area contributed by atoms with Crippen LogP contribution in [0.4, 0.5) is 0 Å². The first-order chi connectivity index (χ1) is 10.8. The highest BCUT2D eigenvalue weighted by Crippen LogP contribution is 1.94. The topological polar surface area (TPSA) is 55.6 Å². The normalized spacial score (nSPS) is 9.91. The van der Waals surface area contributed by atoms with Crippen LogP contribution in [-0.4, -0.2) is 31.7 Å². The second kappa shape index (κ2) is 29.8. The fourth-order valence-electron chi connectivity index (χ4n) is 2.25. The maximum Gasteiger partial charge on any atom is -0.00489 e. The SMILES string of the molecule is CCCCCNCCCCC.CCCCCNCCCCC.O. The first-order valence-electron chi connectivity index (χ1n) is 10.2. The molecule has 0 bridgehead atoms. The van der Waals surface area contributed by atoms with Gasteiger partial charge in [0, 0.05) is 0 Å². The van der Waals surface area contributed by atoms with Crippen LogP contribution >= 0.6 is 0 Å². The molecule has 0 saturated carbocycles. The van der Waals surface area contributed by atoms with Crippen molar-refractivity contribution in [2.24, 2.45) is 0 Å². The van der Waals surface area contributed by atoms with E-state index in [0.29, 0.717) is 0 Å². The van der Waals surface area contributed by atoms with Crippen LogP contribution in [0, 0.1) is 0 Å². The third kappa shape index (κ3) is 34.3. The van der Waals surface area contributed by atoms with Gasteiger partial charge in [-0.25, -0.2) is 0 Å². The van der Waals surface area contributed by atoms with Gasteiger partial charge >= 0.3 is 0 Å². The number of unbranched alkanes of at least 4 members (excludes halogenated alkanes) is 8. The molecule has 23 heavy (non-hydrogen) atoms. The quantitative estimate of drug-likeness (QED) is 0.387. The Morgan fingerprint density at radius 2 is 0.609 bits per heavy atom. The highest BCUT2D eigenvalue weighted by molar-refractivity contribution is 4.48. The van der Waals surface area contributed by atoms with Crippen LogP contribution < -0.4 is 10.6 Å². The van der Waals surface area contributed by atoms with Gasteiger partial charge in [0.05, 0.1) is 0 Å². The summed E-state index contributed by atoms with van der Waals surface area (Å²) in [6.45, 7) is 13.9. The summed E-state index contributed by atoms with van der Waals surface area (Å²) in [5, 5.41) is 6.91. The Hall–Kier alpha value is -0.120. The molecule has 0 aromatic rings. The van der Waals surface area contributed by atoms with E-state index in [9.17, 15) is 0 Å². The maximum atomic E-state index is 3.46. The van der Waals surface area contributed by atoms with Crippen LogP contribution in [0.3, 0.4) is 0 Å². The molecule has 0 aromatic heterocycles. The molecule has 0 aliphatic rings. The van der Waals surface area contributed by atoms with Crippen molar-refractivity contribution < 1.29 is 5.48 Å². The fraction of sp³-hybridized carbons (Fsp3) is 1.00. The van der Waals surface area contributed by atoms with Gasteiger partial charge in [-0.15, -0.1) is 0 Å². The van der Waals surface area contributed by atoms with E-state index in [4.69, 9.17) is 0 Å². The molecule has 0 aliphatic heterocycles. The van der Waals surface area contributed by atoms with Crippen LogP contribution in [0.15, 0.2) is 0 Å². The van der Waals surface area contributed by atoms with Gasteiger partial charge in [0.15, 0.2) is 0 Å². The maximum absolute atomic E-state index is 3.46. The monoisotopic (exact) mass is 332 g/mol. The lowest BCUT2D eigenvalue weighted by Crippen LogP contribution is -2.16. The summed E-state index contributed by atoms with van der Waals surface area (Å²) in [6, 6.07) is 0. The zero-order valence-corrected chi connectivity index (χ0v) is 16.8. The molecule has 0 rings (SSSR count). The van der Waals surface area contributed by atoms with E-state index in [1.807, 2.05) is 0 Å². The third-order valence-electron chi connectivity index (χ3n) is 3.83. The molecule has 0 unspecified atom stereocenters. The van der Waals surface area contributed by atoms with Crippen molar-refractivity contribution in [1.29, 1.82) is 0 Å². The minimum absolute atomic E-state index is 0. The molecule has 0 heterocycles. The van der Waals surface area contributed by atoms with E-state index >= 15 is 0 Å². The second-order valence-corrected chi connectivity index (χ2v) is 6.33. The van der Waals surface area contributed by atoms with E-state index in [1.54, 1.807) is 0 Å². The summed E-state index contributed by atoms with van der Waals surface area (Å²) in [5.41, 5.74) is 0. The Balaban J connectivity index is -0.000000333. The van der Waals surface area contributed by atoms with E-state index in [1.165, 1.54) is 103 Å². The summed E-state index contributed by atoms with van der Waals surface area (Å²) in [6.07, 6.45) is 16.2. The van der Waals surface area contributed by atoms with Crippen molar-refractivity contribution in [2.75, 3.05) is 26.2 Å². The van der Waals surface area contributed by atoms with Crippen molar-refractivity contribution >= 4 is 0 Å². The predicted octanol–water partition coefficient (Wildman–Crippen LogP) is 5.09. The summed E-state index contributed by atoms with van der Waals surface area (Å²) >= 11 is 0. The van der Waals surface area contributed by atoms with Crippen molar-refractivity contribution in [1.82, 2.24) is 10.6 Å².